The van der Waals surface area contributed by atoms with Gasteiger partial charge in [0.25, 0.3) is 15.9 Å². The Labute approximate surface area is 189 Å². The lowest BCUT2D eigenvalue weighted by molar-refractivity contribution is 0.0951. The average Bonchev–Trinajstić information content (AvgIpc) is 3.40. The van der Waals surface area contributed by atoms with E-state index >= 15 is 0 Å². The second-order valence-corrected chi connectivity index (χ2v) is 9.82. The van der Waals surface area contributed by atoms with Crippen LogP contribution in [0.5, 0.6) is 0 Å². The number of aryl methyl sites for hydroxylation is 3. The standard InChI is InChI=1S/C22H22N6O4S/c1-11-4-5-14(22(29)23-15-6-7-15)10-17(11)18-9-8-16-20(24-18)25-26-21(16)28-33(30,31)19-12(2)27-32-13(19)3/h4-5,8-10,15H,6-7H2,1-3H3,(H,23,29)(H2,24,25,26,28). The molecule has 3 aromatic heterocycles. The van der Waals surface area contributed by atoms with Gasteiger partial charge in [0.15, 0.2) is 22.1 Å². The molecule has 0 radical (unpaired) electrons. The summed E-state index contributed by atoms with van der Waals surface area (Å²) in [5, 5.41) is 14.1. The minimum Gasteiger partial charge on any atom is -0.360 e. The fourth-order valence-corrected chi connectivity index (χ4v) is 5.06. The zero-order valence-electron chi connectivity index (χ0n) is 18.3. The lowest BCUT2D eigenvalue weighted by Gasteiger charge is -2.09. The van der Waals surface area contributed by atoms with Crippen LogP contribution >= 0.6 is 0 Å². The fraction of sp³-hybridized carbons (Fsp3) is 0.273. The van der Waals surface area contributed by atoms with Gasteiger partial charge in [-0.3, -0.25) is 14.6 Å². The van der Waals surface area contributed by atoms with Crippen molar-refractivity contribution in [3.8, 4) is 11.3 Å². The molecule has 1 amide bonds. The van der Waals surface area contributed by atoms with Crippen molar-refractivity contribution in [2.45, 2.75) is 44.6 Å². The maximum Gasteiger partial charge on any atom is 0.268 e. The molecule has 5 rings (SSSR count). The van der Waals surface area contributed by atoms with Crippen LogP contribution in [0.2, 0.25) is 0 Å². The van der Waals surface area contributed by atoms with Crippen LogP contribution in [0.1, 0.15) is 40.2 Å². The molecule has 0 bridgehead atoms. The number of amides is 1. The number of aromatic nitrogens is 4. The van der Waals surface area contributed by atoms with Gasteiger partial charge in [-0.15, -0.1) is 0 Å². The van der Waals surface area contributed by atoms with Crippen molar-refractivity contribution in [1.82, 2.24) is 25.7 Å². The molecule has 1 aromatic carbocycles. The second-order valence-electron chi connectivity index (χ2n) is 8.20. The molecule has 4 aromatic rings. The molecule has 1 aliphatic rings. The third-order valence-corrected chi connectivity index (χ3v) is 7.16. The molecule has 11 heteroatoms. The molecule has 0 unspecified atom stereocenters. The minimum atomic E-state index is -3.94. The molecule has 1 saturated carbocycles. The van der Waals surface area contributed by atoms with Crippen molar-refractivity contribution < 1.29 is 17.7 Å². The number of carbonyl (C=O) groups is 1. The first-order valence-corrected chi connectivity index (χ1v) is 11.9. The number of nitrogens with zero attached hydrogens (tertiary/aromatic N) is 3. The van der Waals surface area contributed by atoms with Crippen LogP contribution < -0.4 is 10.0 Å². The number of rotatable bonds is 6. The highest BCUT2D eigenvalue weighted by Gasteiger charge is 2.26. The van der Waals surface area contributed by atoms with Gasteiger partial charge in [-0.1, -0.05) is 11.2 Å². The highest BCUT2D eigenvalue weighted by Crippen LogP contribution is 2.29. The number of sulfonamides is 1. The Morgan fingerprint density at radius 3 is 2.64 bits per heavy atom. The van der Waals surface area contributed by atoms with Crippen LogP contribution in [-0.2, 0) is 10.0 Å². The van der Waals surface area contributed by atoms with E-state index in [-0.39, 0.29) is 34.1 Å². The highest BCUT2D eigenvalue weighted by molar-refractivity contribution is 7.92. The molecule has 10 nitrogen and oxygen atoms in total. The molecule has 33 heavy (non-hydrogen) atoms. The van der Waals surface area contributed by atoms with Gasteiger partial charge in [0, 0.05) is 17.2 Å². The fourth-order valence-electron chi connectivity index (χ4n) is 3.70. The van der Waals surface area contributed by atoms with Crippen molar-refractivity contribution in [1.29, 1.82) is 0 Å². The second kappa shape index (κ2) is 7.69. The Morgan fingerprint density at radius 2 is 1.94 bits per heavy atom. The number of hydrogen-bond donors (Lipinski definition) is 3. The lowest BCUT2D eigenvalue weighted by Crippen LogP contribution is -2.25. The van der Waals surface area contributed by atoms with Gasteiger partial charge in [-0.25, -0.2) is 13.4 Å². The molecular formula is C22H22N6O4S. The van der Waals surface area contributed by atoms with Gasteiger partial charge in [0.1, 0.15) is 5.69 Å². The Hall–Kier alpha value is -3.73. The number of aromatic amines is 1. The first kappa shape index (κ1) is 21.1. The highest BCUT2D eigenvalue weighted by atomic mass is 32.2. The number of H-pyrrole nitrogens is 1. The normalized spacial score (nSPS) is 13.9. The van der Waals surface area contributed by atoms with E-state index in [0.29, 0.717) is 22.3 Å². The molecule has 170 valence electrons. The number of hydrogen-bond acceptors (Lipinski definition) is 7. The molecule has 3 N–H and O–H groups in total. The number of nitrogens with one attached hydrogen (secondary N) is 3. The molecule has 0 spiro atoms. The third-order valence-electron chi connectivity index (χ3n) is 5.58. The summed E-state index contributed by atoms with van der Waals surface area (Å²) in [5.41, 5.74) is 3.67. The van der Waals surface area contributed by atoms with E-state index in [1.807, 2.05) is 19.1 Å². The molecular weight excluding hydrogens is 444 g/mol. The Morgan fingerprint density at radius 1 is 1.15 bits per heavy atom. The summed E-state index contributed by atoms with van der Waals surface area (Å²) in [6.45, 7) is 5.04. The number of fused-ring (bicyclic) bond motifs is 1. The van der Waals surface area contributed by atoms with Crippen molar-refractivity contribution in [3.63, 3.8) is 0 Å². The Kier molecular flexibility index (Phi) is 4.93. The molecule has 0 saturated heterocycles. The minimum absolute atomic E-state index is 0.0138. The van der Waals surface area contributed by atoms with Crippen LogP contribution in [0.4, 0.5) is 5.82 Å². The zero-order chi connectivity index (χ0) is 23.3. The summed E-state index contributed by atoms with van der Waals surface area (Å²) in [6.07, 6.45) is 2.04. The SMILES string of the molecule is Cc1ccc(C(=O)NC2CC2)cc1-c1ccc2c(NS(=O)(=O)c3c(C)noc3C)n[nH]c2n1. The molecule has 0 aliphatic heterocycles. The largest absolute Gasteiger partial charge is 0.360 e. The zero-order valence-corrected chi connectivity index (χ0v) is 19.1. The summed E-state index contributed by atoms with van der Waals surface area (Å²) in [4.78, 5) is 17.1. The van der Waals surface area contributed by atoms with Gasteiger partial charge in [-0.05, 0) is 63.4 Å². The van der Waals surface area contributed by atoms with Gasteiger partial charge in [-0.2, -0.15) is 5.10 Å². The number of anilines is 1. The van der Waals surface area contributed by atoms with Gasteiger partial charge in [0.2, 0.25) is 0 Å². The first-order valence-electron chi connectivity index (χ1n) is 10.5. The predicted octanol–water partition coefficient (Wildman–Crippen LogP) is 3.23. The summed E-state index contributed by atoms with van der Waals surface area (Å²) in [6, 6.07) is 9.29. The molecule has 1 aliphatic carbocycles. The summed E-state index contributed by atoms with van der Waals surface area (Å²) < 4.78 is 33.1. The van der Waals surface area contributed by atoms with E-state index in [1.54, 1.807) is 25.1 Å². The first-order chi connectivity index (χ1) is 15.7. The average molecular weight is 467 g/mol. The van der Waals surface area contributed by atoms with Crippen LogP contribution in [0.3, 0.4) is 0 Å². The Bertz CT molecular complexity index is 1480. The monoisotopic (exact) mass is 466 g/mol. The van der Waals surface area contributed by atoms with Crippen LogP contribution in [0.15, 0.2) is 39.8 Å². The van der Waals surface area contributed by atoms with Crippen molar-refractivity contribution in [2.75, 3.05) is 4.72 Å². The third kappa shape index (κ3) is 3.95. The van der Waals surface area contributed by atoms with E-state index in [9.17, 15) is 13.2 Å². The lowest BCUT2D eigenvalue weighted by atomic mass is 10.0. The van der Waals surface area contributed by atoms with Crippen LogP contribution in [0, 0.1) is 20.8 Å². The number of carbonyl (C=O) groups excluding carboxylic acids is 1. The van der Waals surface area contributed by atoms with Crippen molar-refractivity contribution in [3.05, 3.63) is 52.9 Å². The molecule has 0 atom stereocenters. The van der Waals surface area contributed by atoms with Gasteiger partial charge in [0.05, 0.1) is 11.1 Å². The predicted molar refractivity (Wildman–Crippen MR) is 121 cm³/mol. The van der Waals surface area contributed by atoms with E-state index in [4.69, 9.17) is 4.52 Å². The smallest absolute Gasteiger partial charge is 0.268 e. The summed E-state index contributed by atoms with van der Waals surface area (Å²) in [7, 11) is -3.94. The van der Waals surface area contributed by atoms with Crippen LogP contribution in [-0.4, -0.2) is 40.7 Å². The topological polar surface area (TPSA) is 143 Å². The number of pyridine rings is 1. The van der Waals surface area contributed by atoms with Crippen molar-refractivity contribution >= 4 is 32.8 Å². The number of benzene rings is 1. The van der Waals surface area contributed by atoms with E-state index < -0.39 is 10.0 Å². The van der Waals surface area contributed by atoms with Crippen LogP contribution in [0.25, 0.3) is 22.3 Å². The maximum absolute atomic E-state index is 12.8. The maximum atomic E-state index is 12.8. The summed E-state index contributed by atoms with van der Waals surface area (Å²) in [5.74, 6) is 0.219. The molecule has 1 fully saturated rings. The van der Waals surface area contributed by atoms with E-state index in [2.05, 4.69) is 30.4 Å². The van der Waals surface area contributed by atoms with Gasteiger partial charge < -0.3 is 9.84 Å². The Balaban J connectivity index is 1.47. The van der Waals surface area contributed by atoms with E-state index in [0.717, 1.165) is 24.0 Å². The van der Waals surface area contributed by atoms with E-state index in [1.165, 1.54) is 6.92 Å². The quantitative estimate of drug-likeness (QED) is 0.396. The van der Waals surface area contributed by atoms with Gasteiger partial charge >= 0.3 is 0 Å². The molecule has 3 heterocycles. The van der Waals surface area contributed by atoms with Crippen molar-refractivity contribution in [2.24, 2.45) is 0 Å². The summed E-state index contributed by atoms with van der Waals surface area (Å²) >= 11 is 0.